The SMILES string of the molecule is Cc1ccc(C(=O)N2CCN(C(=O)NCCc3ccco3)CC2)s1. The molecule has 1 N–H and O–H groups in total. The van der Waals surface area contributed by atoms with Crippen LogP contribution in [0, 0.1) is 6.92 Å². The Morgan fingerprint density at radius 1 is 1.17 bits per heavy atom. The van der Waals surface area contributed by atoms with Crippen LogP contribution in [-0.4, -0.2) is 54.5 Å². The van der Waals surface area contributed by atoms with Crippen molar-refractivity contribution in [3.05, 3.63) is 46.0 Å². The van der Waals surface area contributed by atoms with E-state index in [1.807, 2.05) is 36.1 Å². The van der Waals surface area contributed by atoms with E-state index in [1.165, 1.54) is 11.3 Å². The maximum Gasteiger partial charge on any atom is 0.317 e. The van der Waals surface area contributed by atoms with Gasteiger partial charge in [-0.25, -0.2) is 4.79 Å². The summed E-state index contributed by atoms with van der Waals surface area (Å²) in [6.07, 6.45) is 2.30. The molecule has 0 spiro atoms. The number of urea groups is 1. The normalized spacial score (nSPS) is 14.7. The van der Waals surface area contributed by atoms with Crippen LogP contribution in [0.25, 0.3) is 0 Å². The molecular weight excluding hydrogens is 326 g/mol. The van der Waals surface area contributed by atoms with Gasteiger partial charge in [0.1, 0.15) is 5.76 Å². The Bertz CT molecular complexity index is 688. The van der Waals surface area contributed by atoms with Crippen LogP contribution < -0.4 is 5.32 Å². The smallest absolute Gasteiger partial charge is 0.317 e. The van der Waals surface area contributed by atoms with Crippen molar-refractivity contribution in [2.45, 2.75) is 13.3 Å². The standard InChI is InChI=1S/C17H21N3O3S/c1-13-4-5-15(24-13)16(21)19-8-10-20(11-9-19)17(22)18-7-6-14-3-2-12-23-14/h2-5,12H,6-11H2,1H3,(H,18,22). The Morgan fingerprint density at radius 2 is 1.92 bits per heavy atom. The number of furan rings is 1. The Labute approximate surface area is 145 Å². The first-order valence-corrected chi connectivity index (χ1v) is 8.86. The number of hydrogen-bond donors (Lipinski definition) is 1. The zero-order valence-electron chi connectivity index (χ0n) is 13.7. The fraction of sp³-hybridized carbons (Fsp3) is 0.412. The lowest BCUT2D eigenvalue weighted by atomic mass is 10.3. The molecule has 1 aliphatic heterocycles. The van der Waals surface area contributed by atoms with Crippen LogP contribution in [0.4, 0.5) is 4.79 Å². The van der Waals surface area contributed by atoms with E-state index < -0.39 is 0 Å². The second-order valence-corrected chi connectivity index (χ2v) is 7.04. The second kappa shape index (κ2) is 7.53. The fourth-order valence-electron chi connectivity index (χ4n) is 2.68. The summed E-state index contributed by atoms with van der Waals surface area (Å²) in [4.78, 5) is 30.0. The van der Waals surface area contributed by atoms with E-state index in [2.05, 4.69) is 5.32 Å². The highest BCUT2D eigenvalue weighted by Gasteiger charge is 2.25. The average Bonchev–Trinajstić information content (AvgIpc) is 3.26. The molecule has 128 valence electrons. The summed E-state index contributed by atoms with van der Waals surface area (Å²) in [7, 11) is 0. The van der Waals surface area contributed by atoms with Gasteiger partial charge in [0.25, 0.3) is 5.91 Å². The molecule has 0 atom stereocenters. The van der Waals surface area contributed by atoms with Crippen molar-refractivity contribution in [2.24, 2.45) is 0 Å². The minimum Gasteiger partial charge on any atom is -0.469 e. The van der Waals surface area contributed by atoms with Gasteiger partial charge in [-0.3, -0.25) is 4.79 Å². The van der Waals surface area contributed by atoms with Crippen molar-refractivity contribution < 1.29 is 14.0 Å². The number of rotatable bonds is 4. The van der Waals surface area contributed by atoms with Crippen molar-refractivity contribution in [1.29, 1.82) is 0 Å². The summed E-state index contributed by atoms with van der Waals surface area (Å²) < 4.78 is 5.24. The fourth-order valence-corrected chi connectivity index (χ4v) is 3.51. The Kier molecular flexibility index (Phi) is 5.20. The van der Waals surface area contributed by atoms with Gasteiger partial charge in [0, 0.05) is 44.0 Å². The molecule has 2 aromatic rings. The number of amides is 3. The van der Waals surface area contributed by atoms with E-state index >= 15 is 0 Å². The Morgan fingerprint density at radius 3 is 2.54 bits per heavy atom. The van der Waals surface area contributed by atoms with Gasteiger partial charge in [-0.05, 0) is 31.2 Å². The highest BCUT2D eigenvalue weighted by Crippen LogP contribution is 2.18. The summed E-state index contributed by atoms with van der Waals surface area (Å²) in [5, 5.41) is 2.90. The summed E-state index contributed by atoms with van der Waals surface area (Å²) in [6, 6.07) is 7.47. The van der Waals surface area contributed by atoms with E-state index in [1.54, 1.807) is 11.2 Å². The third-order valence-corrected chi connectivity index (χ3v) is 5.02. The van der Waals surface area contributed by atoms with Crippen LogP contribution in [0.15, 0.2) is 34.9 Å². The van der Waals surface area contributed by atoms with E-state index in [0.717, 1.165) is 15.5 Å². The number of carbonyl (C=O) groups is 2. The van der Waals surface area contributed by atoms with Crippen molar-refractivity contribution >= 4 is 23.3 Å². The predicted octanol–water partition coefficient (Wildman–Crippen LogP) is 2.36. The Hall–Kier alpha value is -2.28. The summed E-state index contributed by atoms with van der Waals surface area (Å²) in [6.45, 7) is 4.79. The maximum atomic E-state index is 12.4. The molecule has 0 aromatic carbocycles. The molecule has 3 amide bonds. The average molecular weight is 347 g/mol. The number of aryl methyl sites for hydroxylation is 1. The molecule has 0 saturated carbocycles. The molecule has 2 aromatic heterocycles. The first-order chi connectivity index (χ1) is 11.6. The highest BCUT2D eigenvalue weighted by atomic mass is 32.1. The third kappa shape index (κ3) is 3.97. The monoisotopic (exact) mass is 347 g/mol. The number of nitrogens with zero attached hydrogens (tertiary/aromatic N) is 2. The quantitative estimate of drug-likeness (QED) is 0.923. The van der Waals surface area contributed by atoms with Crippen LogP contribution in [0.3, 0.4) is 0 Å². The minimum atomic E-state index is -0.0828. The molecule has 0 unspecified atom stereocenters. The van der Waals surface area contributed by atoms with E-state index in [4.69, 9.17) is 4.42 Å². The lowest BCUT2D eigenvalue weighted by Crippen LogP contribution is -2.53. The van der Waals surface area contributed by atoms with E-state index in [-0.39, 0.29) is 11.9 Å². The Balaban J connectivity index is 1.42. The van der Waals surface area contributed by atoms with E-state index in [0.29, 0.717) is 39.1 Å². The molecule has 0 radical (unpaired) electrons. The van der Waals surface area contributed by atoms with Crippen molar-refractivity contribution in [2.75, 3.05) is 32.7 Å². The van der Waals surface area contributed by atoms with Gasteiger partial charge in [0.2, 0.25) is 0 Å². The van der Waals surface area contributed by atoms with E-state index in [9.17, 15) is 9.59 Å². The van der Waals surface area contributed by atoms with Gasteiger partial charge >= 0.3 is 6.03 Å². The number of nitrogens with one attached hydrogen (secondary N) is 1. The topological polar surface area (TPSA) is 65.8 Å². The molecule has 24 heavy (non-hydrogen) atoms. The summed E-state index contributed by atoms with van der Waals surface area (Å²) in [5.41, 5.74) is 0. The summed E-state index contributed by atoms with van der Waals surface area (Å²) >= 11 is 1.51. The van der Waals surface area contributed by atoms with Crippen molar-refractivity contribution in [1.82, 2.24) is 15.1 Å². The molecule has 0 bridgehead atoms. The van der Waals surface area contributed by atoms with Gasteiger partial charge in [0.05, 0.1) is 11.1 Å². The van der Waals surface area contributed by atoms with Crippen LogP contribution in [0.1, 0.15) is 20.3 Å². The lowest BCUT2D eigenvalue weighted by Gasteiger charge is -2.34. The molecule has 3 heterocycles. The molecule has 7 heteroatoms. The molecule has 3 rings (SSSR count). The number of piperazine rings is 1. The van der Waals surface area contributed by atoms with Crippen molar-refractivity contribution in [3.8, 4) is 0 Å². The predicted molar refractivity (Wildman–Crippen MR) is 92.3 cm³/mol. The van der Waals surface area contributed by atoms with Gasteiger partial charge in [0.15, 0.2) is 0 Å². The van der Waals surface area contributed by atoms with Gasteiger partial charge < -0.3 is 19.5 Å². The largest absolute Gasteiger partial charge is 0.469 e. The first kappa shape index (κ1) is 16.6. The van der Waals surface area contributed by atoms with Crippen LogP contribution in [0.2, 0.25) is 0 Å². The highest BCUT2D eigenvalue weighted by molar-refractivity contribution is 7.13. The first-order valence-electron chi connectivity index (χ1n) is 8.04. The zero-order chi connectivity index (χ0) is 16.9. The van der Waals surface area contributed by atoms with Crippen LogP contribution >= 0.6 is 11.3 Å². The number of carbonyl (C=O) groups excluding carboxylic acids is 2. The lowest BCUT2D eigenvalue weighted by molar-refractivity contribution is 0.0670. The third-order valence-electron chi connectivity index (χ3n) is 4.03. The van der Waals surface area contributed by atoms with Gasteiger partial charge in [-0.1, -0.05) is 0 Å². The van der Waals surface area contributed by atoms with Gasteiger partial charge in [-0.15, -0.1) is 11.3 Å². The summed E-state index contributed by atoms with van der Waals surface area (Å²) in [5.74, 6) is 0.919. The molecule has 1 aliphatic rings. The molecule has 0 aliphatic carbocycles. The van der Waals surface area contributed by atoms with Crippen LogP contribution in [-0.2, 0) is 6.42 Å². The second-order valence-electron chi connectivity index (χ2n) is 5.75. The number of thiophene rings is 1. The van der Waals surface area contributed by atoms with Gasteiger partial charge in [-0.2, -0.15) is 0 Å². The maximum absolute atomic E-state index is 12.4. The molecule has 1 fully saturated rings. The zero-order valence-corrected chi connectivity index (χ0v) is 14.5. The van der Waals surface area contributed by atoms with Crippen LogP contribution in [0.5, 0.6) is 0 Å². The molecule has 6 nitrogen and oxygen atoms in total. The minimum absolute atomic E-state index is 0.0611. The number of hydrogen-bond acceptors (Lipinski definition) is 4. The van der Waals surface area contributed by atoms with Crippen molar-refractivity contribution in [3.63, 3.8) is 0 Å². The molecular formula is C17H21N3O3S. The molecule has 1 saturated heterocycles.